The molecule has 0 radical (unpaired) electrons. The fourth-order valence-electron chi connectivity index (χ4n) is 0. The summed E-state index contributed by atoms with van der Waals surface area (Å²) >= 11 is 7.68. The first-order valence-electron chi connectivity index (χ1n) is 1.09. The molecule has 0 aliphatic rings. The molecule has 0 aromatic rings. The Balaban J connectivity index is 3.14. The van der Waals surface area contributed by atoms with Crippen LogP contribution >= 0.6 is 71.6 Å². The standard InChI is InChI=1S/HI6/c1-5(2)6(3)4/h1H/q-1/i1D. The predicted octanol–water partition coefficient (Wildman–Crippen LogP) is 1.16. The molecule has 0 fully saturated rings. The van der Waals surface area contributed by atoms with Crippen LogP contribution < -0.4 is 18.4 Å². The average molecular weight is 763 g/mol. The van der Waals surface area contributed by atoms with Gasteiger partial charge in [0.15, 0.2) is 0 Å². The molecule has 6 heteroatoms. The summed E-state index contributed by atoms with van der Waals surface area (Å²) < 4.78 is 7.14. The Morgan fingerprint density at radius 3 is 2.00 bits per heavy atom. The van der Waals surface area contributed by atoms with Crippen molar-refractivity contribution in [3.63, 3.8) is 0 Å². The van der Waals surface area contributed by atoms with Gasteiger partial charge in [-0.15, -0.1) is 0 Å². The SMILES string of the molecule is [2H][I-]I(I)I(I)I. The molecule has 0 N–H and O–H groups in total. The van der Waals surface area contributed by atoms with E-state index >= 15 is 0 Å². The van der Waals surface area contributed by atoms with E-state index in [0.717, 1.165) is 0 Å². The third-order valence-electron chi connectivity index (χ3n) is 0.0816. The van der Waals surface area contributed by atoms with Gasteiger partial charge in [-0.25, -0.2) is 0 Å². The van der Waals surface area contributed by atoms with Crippen LogP contribution in [-0.4, -0.2) is 0.594 Å². The topological polar surface area (TPSA) is 0 Å². The van der Waals surface area contributed by atoms with Crippen molar-refractivity contribution < 1.29 is 18.4 Å². The first kappa shape index (κ1) is 8.48. The predicted molar refractivity (Wildman–Crippen MR) is 71.5 cm³/mol. The van der Waals surface area contributed by atoms with E-state index in [9.17, 15) is 0 Å². The molecular formula is HI6-. The molecule has 0 unspecified atom stereocenters. The molecule has 6 heavy (non-hydrogen) atoms. The minimum absolute atomic E-state index is 0.0477. The molecule has 0 bridgehead atoms. The molecular weight excluding hydrogens is 761 g/mol. The van der Waals surface area contributed by atoms with Crippen molar-refractivity contribution >= 4 is 71.6 Å². The second kappa shape index (κ2) is 6.11. The van der Waals surface area contributed by atoms with Gasteiger partial charge in [0.25, 0.3) is 0 Å². The summed E-state index contributed by atoms with van der Waals surface area (Å²) in [5.74, 6) is 0. The molecule has 0 rings (SSSR count). The molecule has 0 aromatic carbocycles. The van der Waals surface area contributed by atoms with Crippen molar-refractivity contribution in [2.75, 3.05) is 0 Å². The van der Waals surface area contributed by atoms with Crippen LogP contribution in [0.3, 0.4) is 0 Å². The Morgan fingerprint density at radius 2 is 2.00 bits per heavy atom. The van der Waals surface area contributed by atoms with Gasteiger partial charge in [-0.2, -0.15) is 0 Å². The van der Waals surface area contributed by atoms with Crippen LogP contribution in [0.25, 0.3) is 0 Å². The van der Waals surface area contributed by atoms with Gasteiger partial charge in [-0.05, 0) is 0 Å². The Hall–Kier alpha value is 4.38. The first-order valence-corrected chi connectivity index (χ1v) is 32.1. The van der Waals surface area contributed by atoms with Gasteiger partial charge in [0.05, 0.1) is 0 Å². The van der Waals surface area contributed by atoms with Crippen molar-refractivity contribution in [1.82, 2.24) is 0 Å². The first-order chi connectivity index (χ1) is 3.18. The summed E-state index contributed by atoms with van der Waals surface area (Å²) in [6.07, 6.45) is 0. The van der Waals surface area contributed by atoms with Gasteiger partial charge < -0.3 is 0 Å². The zero-order valence-electron chi connectivity index (χ0n) is 3.27. The summed E-state index contributed by atoms with van der Waals surface area (Å²) in [7, 11) is -0.991. The van der Waals surface area contributed by atoms with E-state index in [1.165, 1.54) is 0 Å². The number of hydrogen-bond donors (Lipinski definition) is 0. The third kappa shape index (κ3) is 6.50. The minimum atomic E-state index is -0.526. The van der Waals surface area contributed by atoms with Crippen molar-refractivity contribution in [1.29, 1.82) is 0.594 Å². The van der Waals surface area contributed by atoms with Gasteiger partial charge in [-0.3, -0.25) is 0 Å². The molecule has 0 aliphatic carbocycles. The molecule has 0 aromatic heterocycles. The summed E-state index contributed by atoms with van der Waals surface area (Å²) in [5.41, 5.74) is 0. The summed E-state index contributed by atoms with van der Waals surface area (Å²) in [6, 6.07) is 0. The van der Waals surface area contributed by atoms with Crippen LogP contribution in [0, 0.1) is 0 Å². The number of halogens is 6. The van der Waals surface area contributed by atoms with E-state index in [-0.39, 0.29) is 18.4 Å². The Labute approximate surface area is 87.1 Å². The second-order valence-corrected chi connectivity index (χ2v) is 97.8. The second-order valence-electron chi connectivity index (χ2n) is 0.324. The van der Waals surface area contributed by atoms with Crippen molar-refractivity contribution in [2.24, 2.45) is 0 Å². The zero-order chi connectivity index (χ0) is 5.86. The summed E-state index contributed by atoms with van der Waals surface area (Å²) in [5, 5.41) is 0. The fourth-order valence-corrected chi connectivity index (χ4v) is 0. The maximum absolute atomic E-state index is 7.14. The molecule has 0 spiro atoms. The molecule has 0 saturated heterocycles. The van der Waals surface area contributed by atoms with E-state index in [4.69, 9.17) is 0.594 Å². The molecule has 0 atom stereocenters. The fraction of sp³-hybridized carbons (Fsp3) is 0. The molecule has 0 saturated carbocycles. The van der Waals surface area contributed by atoms with Crippen LogP contribution in [0.5, 0.6) is 0 Å². The van der Waals surface area contributed by atoms with Crippen molar-refractivity contribution in [3.8, 4) is 0 Å². The van der Waals surface area contributed by atoms with E-state index in [1.54, 1.807) is 0 Å². The number of hydrogen-bond acceptors (Lipinski definition) is 0. The van der Waals surface area contributed by atoms with E-state index < -0.39 is 15.8 Å². The monoisotopic (exact) mass is 763 g/mol. The van der Waals surface area contributed by atoms with Crippen molar-refractivity contribution in [3.05, 3.63) is 0 Å². The Bertz CT molecular complexity index is 41.4. The van der Waals surface area contributed by atoms with E-state index in [2.05, 4.69) is 55.8 Å². The summed E-state index contributed by atoms with van der Waals surface area (Å²) in [6.45, 7) is 0. The molecule has 0 heterocycles. The normalized spacial score (nSPS) is 16.8. The molecule has 0 amide bonds. The maximum atomic E-state index is 7.14. The van der Waals surface area contributed by atoms with Crippen molar-refractivity contribution in [2.45, 2.75) is 0 Å². The van der Waals surface area contributed by atoms with Gasteiger partial charge in [0.1, 0.15) is 0 Å². The van der Waals surface area contributed by atoms with Crippen LogP contribution in [0.2, 0.25) is 0 Å². The number of rotatable bonds is 2. The zero-order valence-corrected chi connectivity index (χ0v) is 15.2. The van der Waals surface area contributed by atoms with Gasteiger partial charge >= 0.3 is 90.6 Å². The van der Waals surface area contributed by atoms with Crippen LogP contribution in [0.1, 0.15) is 0 Å². The molecule has 44 valence electrons. The van der Waals surface area contributed by atoms with Gasteiger partial charge in [0, 0.05) is 0 Å². The van der Waals surface area contributed by atoms with Gasteiger partial charge in [0.2, 0.25) is 0 Å². The quantitative estimate of drug-likeness (QED) is 0.371. The molecule has 0 aliphatic heterocycles. The van der Waals surface area contributed by atoms with E-state index in [0.29, 0.717) is 0 Å². The van der Waals surface area contributed by atoms with Crippen LogP contribution in [-0.2, 0) is 0 Å². The average Bonchev–Trinajstić information content (AvgIpc) is 1.65. The molecule has 0 nitrogen and oxygen atoms in total. The Kier molecular flexibility index (Phi) is 8.64. The van der Waals surface area contributed by atoms with Crippen LogP contribution in [0.4, 0.5) is 0 Å². The van der Waals surface area contributed by atoms with Gasteiger partial charge in [-0.1, -0.05) is 0 Å². The Morgan fingerprint density at radius 1 is 1.50 bits per heavy atom. The third-order valence-corrected chi connectivity index (χ3v) is 165. The van der Waals surface area contributed by atoms with Crippen LogP contribution in [0.15, 0.2) is 0 Å². The summed E-state index contributed by atoms with van der Waals surface area (Å²) in [4.78, 5) is 0. The van der Waals surface area contributed by atoms with E-state index in [1.807, 2.05) is 0 Å².